The van der Waals surface area contributed by atoms with Crippen LogP contribution in [0.5, 0.6) is 0 Å². The van der Waals surface area contributed by atoms with Crippen LogP contribution >= 0.6 is 0 Å². The van der Waals surface area contributed by atoms with Gasteiger partial charge in [-0.2, -0.15) is 0 Å². The summed E-state index contributed by atoms with van der Waals surface area (Å²) in [4.78, 5) is 11.2. The Morgan fingerprint density at radius 2 is 2.11 bits per heavy atom. The fourth-order valence-corrected chi connectivity index (χ4v) is 3.09. The second-order valence-electron chi connectivity index (χ2n) is 3.84. The maximum absolute atomic E-state index is 11.2. The van der Waals surface area contributed by atoms with Crippen LogP contribution in [-0.2, 0) is 4.79 Å². The first-order valence-electron chi connectivity index (χ1n) is 3.90. The van der Waals surface area contributed by atoms with Gasteiger partial charge in [0.2, 0.25) is 0 Å². The van der Waals surface area contributed by atoms with Crippen LogP contribution in [0.4, 0.5) is 0 Å². The van der Waals surface area contributed by atoms with Crippen molar-refractivity contribution >= 4 is 5.78 Å². The molecular weight excluding hydrogens is 112 g/mol. The van der Waals surface area contributed by atoms with Gasteiger partial charge in [-0.05, 0) is 31.1 Å². The van der Waals surface area contributed by atoms with Crippen molar-refractivity contribution in [1.82, 2.24) is 0 Å². The van der Waals surface area contributed by atoms with Crippen LogP contribution in [0.1, 0.15) is 19.3 Å². The highest BCUT2D eigenvalue weighted by atomic mass is 16.1. The van der Waals surface area contributed by atoms with Crippen LogP contribution < -0.4 is 0 Å². The Balaban J connectivity index is 2.09. The van der Waals surface area contributed by atoms with Gasteiger partial charge in [0.1, 0.15) is 5.78 Å². The average Bonchev–Trinajstić information content (AvgIpc) is 2.20. The monoisotopic (exact) mass is 122 g/mol. The third-order valence-electron chi connectivity index (χ3n) is 3.59. The summed E-state index contributed by atoms with van der Waals surface area (Å²) >= 11 is 0. The average molecular weight is 122 g/mol. The summed E-state index contributed by atoms with van der Waals surface area (Å²) in [6, 6.07) is 0. The number of ketones is 1. The Morgan fingerprint density at radius 1 is 1.22 bits per heavy atom. The number of hydrogen-bond acceptors (Lipinski definition) is 1. The van der Waals surface area contributed by atoms with Gasteiger partial charge >= 0.3 is 0 Å². The summed E-state index contributed by atoms with van der Waals surface area (Å²) in [6.45, 7) is 0. The van der Waals surface area contributed by atoms with Gasteiger partial charge in [0.15, 0.2) is 0 Å². The van der Waals surface area contributed by atoms with E-state index in [1.165, 1.54) is 19.3 Å². The van der Waals surface area contributed by atoms with Gasteiger partial charge in [0.05, 0.1) is 0 Å². The minimum atomic E-state index is 0.527. The zero-order valence-corrected chi connectivity index (χ0v) is 5.34. The lowest BCUT2D eigenvalue weighted by atomic mass is 9.63. The summed E-state index contributed by atoms with van der Waals surface area (Å²) in [6.07, 6.45) is 3.76. The molecule has 0 aromatic carbocycles. The predicted molar refractivity (Wildman–Crippen MR) is 32.8 cm³/mol. The van der Waals surface area contributed by atoms with Gasteiger partial charge in [-0.1, -0.05) is 0 Å². The molecule has 0 N–H and O–H groups in total. The van der Waals surface area contributed by atoms with Crippen LogP contribution in [0.3, 0.4) is 0 Å². The van der Waals surface area contributed by atoms with Gasteiger partial charge in [-0.15, -0.1) is 0 Å². The standard InChI is InChI=1S/C8H10O/c9-8-5-1-4-2-7(8)6(4)3-5/h4-7H,1-3H2/t4-,5-,6+,7+/m0/s1. The van der Waals surface area contributed by atoms with E-state index in [4.69, 9.17) is 0 Å². The Hall–Kier alpha value is -0.330. The van der Waals surface area contributed by atoms with Gasteiger partial charge in [0, 0.05) is 11.8 Å². The summed E-state index contributed by atoms with van der Waals surface area (Å²) < 4.78 is 0. The normalized spacial score (nSPS) is 60.2. The third-order valence-corrected chi connectivity index (χ3v) is 3.59. The van der Waals surface area contributed by atoms with E-state index in [-0.39, 0.29) is 0 Å². The molecule has 4 atom stereocenters. The molecule has 0 aromatic rings. The predicted octanol–water partition coefficient (Wildman–Crippen LogP) is 1.23. The third kappa shape index (κ3) is 0.322. The smallest absolute Gasteiger partial charge is 0.139 e. The van der Waals surface area contributed by atoms with Gasteiger partial charge in [0.25, 0.3) is 0 Å². The molecule has 0 radical (unpaired) electrons. The second kappa shape index (κ2) is 1.09. The number of carbonyl (C=O) groups excluding carboxylic acids is 1. The van der Waals surface area contributed by atoms with E-state index >= 15 is 0 Å². The molecule has 0 saturated heterocycles. The van der Waals surface area contributed by atoms with E-state index in [1.807, 2.05) is 0 Å². The van der Waals surface area contributed by atoms with Crippen molar-refractivity contribution in [2.75, 3.05) is 0 Å². The first kappa shape index (κ1) is 4.48. The fraction of sp³-hybridized carbons (Fsp3) is 0.875. The summed E-state index contributed by atoms with van der Waals surface area (Å²) in [5.41, 5.74) is 0. The summed E-state index contributed by atoms with van der Waals surface area (Å²) in [7, 11) is 0. The van der Waals surface area contributed by atoms with E-state index in [1.54, 1.807) is 0 Å². The second-order valence-corrected chi connectivity index (χ2v) is 3.84. The molecule has 1 heteroatoms. The zero-order valence-electron chi connectivity index (χ0n) is 5.34. The molecular formula is C8H10O. The van der Waals surface area contributed by atoms with Gasteiger partial charge < -0.3 is 0 Å². The lowest BCUT2D eigenvalue weighted by Gasteiger charge is -2.40. The van der Waals surface area contributed by atoms with Gasteiger partial charge in [-0.3, -0.25) is 4.79 Å². The van der Waals surface area contributed by atoms with Gasteiger partial charge in [-0.25, -0.2) is 0 Å². The molecule has 48 valence electrons. The fourth-order valence-electron chi connectivity index (χ4n) is 3.09. The van der Waals surface area contributed by atoms with E-state index in [0.29, 0.717) is 17.6 Å². The molecule has 9 heavy (non-hydrogen) atoms. The lowest BCUT2D eigenvalue weighted by Crippen LogP contribution is -2.39. The van der Waals surface area contributed by atoms with Crippen molar-refractivity contribution in [3.63, 3.8) is 0 Å². The van der Waals surface area contributed by atoms with Crippen molar-refractivity contribution in [3.05, 3.63) is 0 Å². The zero-order chi connectivity index (χ0) is 6.01. The molecule has 0 heterocycles. The molecule has 0 unspecified atom stereocenters. The quantitative estimate of drug-likeness (QED) is 0.472. The number of carbonyl (C=O) groups is 1. The molecule has 2 bridgehead atoms. The van der Waals surface area contributed by atoms with E-state index < -0.39 is 0 Å². The SMILES string of the molecule is O=C1[C@H]2C[C@H]3C[C@@H]1[C@@H]3C2. The van der Waals surface area contributed by atoms with Crippen LogP contribution in [0.25, 0.3) is 0 Å². The highest BCUT2D eigenvalue weighted by Gasteiger charge is 2.59. The Labute approximate surface area is 54.4 Å². The molecule has 3 rings (SSSR count). The van der Waals surface area contributed by atoms with E-state index in [0.717, 1.165) is 11.8 Å². The van der Waals surface area contributed by atoms with Crippen molar-refractivity contribution < 1.29 is 4.79 Å². The lowest BCUT2D eigenvalue weighted by molar-refractivity contribution is -0.132. The molecule has 3 fully saturated rings. The Morgan fingerprint density at radius 3 is 2.44 bits per heavy atom. The van der Waals surface area contributed by atoms with Crippen LogP contribution in [-0.4, -0.2) is 5.78 Å². The maximum Gasteiger partial charge on any atom is 0.139 e. The van der Waals surface area contributed by atoms with Crippen LogP contribution in [0, 0.1) is 23.7 Å². The number of hydrogen-bond donors (Lipinski definition) is 0. The molecule has 3 saturated carbocycles. The van der Waals surface area contributed by atoms with Crippen molar-refractivity contribution in [1.29, 1.82) is 0 Å². The summed E-state index contributed by atoms with van der Waals surface area (Å²) in [5.74, 6) is 3.54. The van der Waals surface area contributed by atoms with Crippen LogP contribution in [0.2, 0.25) is 0 Å². The molecule has 1 nitrogen and oxygen atoms in total. The van der Waals surface area contributed by atoms with Crippen LogP contribution in [0.15, 0.2) is 0 Å². The topological polar surface area (TPSA) is 17.1 Å². The minimum Gasteiger partial charge on any atom is -0.299 e. The molecule has 3 aliphatic rings. The summed E-state index contributed by atoms with van der Waals surface area (Å²) in [5, 5.41) is 0. The Bertz CT molecular complexity index is 179. The van der Waals surface area contributed by atoms with Crippen molar-refractivity contribution in [2.45, 2.75) is 19.3 Å². The molecule has 0 aromatic heterocycles. The molecule has 0 spiro atoms. The first-order chi connectivity index (χ1) is 4.36. The largest absolute Gasteiger partial charge is 0.299 e. The van der Waals surface area contributed by atoms with Crippen molar-refractivity contribution in [2.24, 2.45) is 23.7 Å². The minimum absolute atomic E-state index is 0.527. The highest BCUT2D eigenvalue weighted by molar-refractivity contribution is 5.88. The van der Waals surface area contributed by atoms with E-state index in [2.05, 4.69) is 0 Å². The highest BCUT2D eigenvalue weighted by Crippen LogP contribution is 2.61. The van der Waals surface area contributed by atoms with Crippen molar-refractivity contribution in [3.8, 4) is 0 Å². The number of Topliss-reactive ketones (excluding diaryl/α,β-unsaturated/α-hetero) is 1. The maximum atomic E-state index is 11.2. The molecule has 3 aliphatic carbocycles. The van der Waals surface area contributed by atoms with E-state index in [9.17, 15) is 4.79 Å². The number of rotatable bonds is 0. The molecule has 0 aliphatic heterocycles. The first-order valence-corrected chi connectivity index (χ1v) is 3.90. The Kier molecular flexibility index (Phi) is 0.544. The molecule has 0 amide bonds. The number of fused-ring (bicyclic) bond motifs is 1.